The van der Waals surface area contributed by atoms with Gasteiger partial charge in [0.2, 0.25) is 0 Å². The Balaban J connectivity index is 0. The molecule has 0 saturated carbocycles. The Morgan fingerprint density at radius 1 is 1.00 bits per heavy atom. The van der Waals surface area contributed by atoms with Crippen LogP contribution in [0.15, 0.2) is 0 Å². The molecule has 0 N–H and O–H groups in total. The summed E-state index contributed by atoms with van der Waals surface area (Å²) in [6.07, 6.45) is 0. The van der Waals surface area contributed by atoms with E-state index in [2.05, 4.69) is 0 Å². The van der Waals surface area contributed by atoms with E-state index >= 15 is 0 Å². The van der Waals surface area contributed by atoms with Crippen molar-refractivity contribution in [2.24, 2.45) is 0 Å². The first-order chi connectivity index (χ1) is 0. The summed E-state index contributed by atoms with van der Waals surface area (Å²) in [5.74, 6) is 0. The number of hydrogen-bond donors (Lipinski definition) is 0. The molecule has 0 amide bonds. The SMILES string of the molecule is [Cr].[Mn].[SiH3].[Ti]. The molecule has 0 saturated heterocycles. The summed E-state index contributed by atoms with van der Waals surface area (Å²) in [6, 6.07) is 0. The van der Waals surface area contributed by atoms with Crippen molar-refractivity contribution in [2.75, 3.05) is 0 Å². The monoisotopic (exact) mass is 186 g/mol. The van der Waals surface area contributed by atoms with Crippen molar-refractivity contribution in [1.82, 2.24) is 0 Å². The summed E-state index contributed by atoms with van der Waals surface area (Å²) < 4.78 is 0. The van der Waals surface area contributed by atoms with Gasteiger partial charge in [-0.2, -0.15) is 0 Å². The molecule has 0 bridgehead atoms. The van der Waals surface area contributed by atoms with E-state index in [9.17, 15) is 0 Å². The zero-order valence-electron chi connectivity index (χ0n) is 2.29. The first-order valence-electron chi connectivity index (χ1n) is 0. The zero-order valence-corrected chi connectivity index (χ0v) is 8.30. The molecule has 0 fully saturated rings. The van der Waals surface area contributed by atoms with E-state index in [1.54, 1.807) is 0 Å². The first kappa shape index (κ1) is 37.8. The van der Waals surface area contributed by atoms with Crippen LogP contribution >= 0.6 is 0 Å². The minimum Gasteiger partial charge on any atom is -0.0125 e. The summed E-state index contributed by atoms with van der Waals surface area (Å²) in [7, 11) is 0. The predicted molar refractivity (Wildman–Crippen MR) is 9.94 cm³/mol. The van der Waals surface area contributed by atoms with E-state index in [0.717, 1.165) is 0 Å². The van der Waals surface area contributed by atoms with Crippen LogP contribution in [-0.4, -0.2) is 11.0 Å². The van der Waals surface area contributed by atoms with Crippen LogP contribution in [0.5, 0.6) is 0 Å². The maximum absolute atomic E-state index is 0. The Labute approximate surface area is 66.6 Å². The molecule has 0 aliphatic carbocycles. The fourth-order valence-corrected chi connectivity index (χ4v) is 0. The molecule has 24 valence electrons. The molecular formula is H3CrMnSiTi. The zero-order chi connectivity index (χ0) is 0. The van der Waals surface area contributed by atoms with Gasteiger partial charge in [-0.15, -0.1) is 0 Å². The Kier molecular flexibility index (Phi) is 190. The van der Waals surface area contributed by atoms with Crippen LogP contribution in [0.2, 0.25) is 0 Å². The van der Waals surface area contributed by atoms with Gasteiger partial charge in [0.15, 0.2) is 0 Å². The van der Waals surface area contributed by atoms with Crippen molar-refractivity contribution in [3.05, 3.63) is 0 Å². The van der Waals surface area contributed by atoms with Crippen molar-refractivity contribution >= 4 is 11.0 Å². The molecule has 0 aliphatic heterocycles. The Bertz CT molecular complexity index is 8.00. The molecule has 0 nitrogen and oxygen atoms in total. The van der Waals surface area contributed by atoms with Gasteiger partial charge in [0.25, 0.3) is 0 Å². The van der Waals surface area contributed by atoms with Gasteiger partial charge in [-0.3, -0.25) is 0 Å². The second-order valence-corrected chi connectivity index (χ2v) is 0. The summed E-state index contributed by atoms with van der Waals surface area (Å²) in [4.78, 5) is 0. The van der Waals surface area contributed by atoms with Gasteiger partial charge in [-0.05, 0) is 11.0 Å². The number of rotatable bonds is 0. The molecule has 4 heteroatoms. The number of hydrogen-bond acceptors (Lipinski definition) is 0. The molecule has 0 spiro atoms. The molecule has 0 rings (SSSR count). The van der Waals surface area contributed by atoms with Gasteiger partial charge >= 0.3 is 0 Å². The van der Waals surface area contributed by atoms with Crippen LogP contribution < -0.4 is 0 Å². The van der Waals surface area contributed by atoms with Crippen molar-refractivity contribution < 1.29 is 56.1 Å². The van der Waals surface area contributed by atoms with Gasteiger partial charge in [-0.25, -0.2) is 0 Å². The second-order valence-electron chi connectivity index (χ2n) is 0. The molecule has 0 aromatic heterocycles. The Morgan fingerprint density at radius 3 is 1.00 bits per heavy atom. The quantitative estimate of drug-likeness (QED) is 0.417. The molecular weight excluding hydrogens is 183 g/mol. The Hall–Kier alpha value is 1.98. The smallest absolute Gasteiger partial charge is 0 e. The van der Waals surface area contributed by atoms with Gasteiger partial charge in [0.1, 0.15) is 0 Å². The molecule has 0 aliphatic rings. The van der Waals surface area contributed by atoms with Crippen molar-refractivity contribution in [2.45, 2.75) is 0 Å². The maximum atomic E-state index is 0. The minimum atomic E-state index is 0. The largest absolute Gasteiger partial charge is 0.0125 e. The van der Waals surface area contributed by atoms with E-state index < -0.39 is 0 Å². The van der Waals surface area contributed by atoms with E-state index in [4.69, 9.17) is 0 Å². The molecule has 0 heterocycles. The average molecular weight is 186 g/mol. The van der Waals surface area contributed by atoms with Crippen molar-refractivity contribution in [3.63, 3.8) is 0 Å². The third kappa shape index (κ3) is 9.01. The van der Waals surface area contributed by atoms with Crippen molar-refractivity contribution in [3.8, 4) is 0 Å². The third-order valence-corrected chi connectivity index (χ3v) is 0. The fraction of sp³-hybridized carbons (Fsp3) is 0. The van der Waals surface area contributed by atoms with E-state index in [1.807, 2.05) is 0 Å². The molecule has 2 radical (unpaired) electrons. The summed E-state index contributed by atoms with van der Waals surface area (Å²) in [6.45, 7) is 0. The molecule has 0 aromatic carbocycles. The van der Waals surface area contributed by atoms with Crippen LogP contribution in [0.25, 0.3) is 0 Å². The fourth-order valence-electron chi connectivity index (χ4n) is 0. The normalized spacial score (nSPS) is 0. The van der Waals surface area contributed by atoms with Gasteiger partial charge in [0, 0.05) is 56.1 Å². The van der Waals surface area contributed by atoms with E-state index in [0.29, 0.717) is 0 Å². The first-order valence-corrected chi connectivity index (χ1v) is 0. The summed E-state index contributed by atoms with van der Waals surface area (Å²) >= 11 is 0. The standard InChI is InChI=1S/Cr.Mn.H3Si.Ti/h;;1H3;. The predicted octanol–water partition coefficient (Wildman–Crippen LogP) is -1.19. The van der Waals surface area contributed by atoms with Gasteiger partial charge in [-0.1, -0.05) is 0 Å². The third-order valence-electron chi connectivity index (χ3n) is 0. The maximum Gasteiger partial charge on any atom is 0 e. The second kappa shape index (κ2) is 20.1. The van der Waals surface area contributed by atoms with Gasteiger partial charge in [0.05, 0.1) is 0 Å². The van der Waals surface area contributed by atoms with Crippen molar-refractivity contribution in [1.29, 1.82) is 0 Å². The summed E-state index contributed by atoms with van der Waals surface area (Å²) in [5, 5.41) is 0. The van der Waals surface area contributed by atoms with Crippen LogP contribution in [0.3, 0.4) is 0 Å². The van der Waals surface area contributed by atoms with Crippen LogP contribution in [-0.2, 0) is 56.1 Å². The molecule has 0 atom stereocenters. The van der Waals surface area contributed by atoms with Crippen LogP contribution in [0.4, 0.5) is 0 Å². The molecule has 0 aromatic rings. The Morgan fingerprint density at radius 2 is 1.00 bits per heavy atom. The average Bonchev–Trinajstić information content (AvgIpc) is 0. The minimum absolute atomic E-state index is 0. The van der Waals surface area contributed by atoms with E-state index in [1.165, 1.54) is 0 Å². The van der Waals surface area contributed by atoms with Crippen LogP contribution in [0.1, 0.15) is 0 Å². The van der Waals surface area contributed by atoms with Gasteiger partial charge < -0.3 is 0 Å². The topological polar surface area (TPSA) is 0 Å². The molecule has 0 unspecified atom stereocenters. The summed E-state index contributed by atoms with van der Waals surface area (Å²) in [5.41, 5.74) is 0. The molecule has 4 heavy (non-hydrogen) atoms. The van der Waals surface area contributed by atoms with Crippen LogP contribution in [0, 0.1) is 0 Å². The van der Waals surface area contributed by atoms with E-state index in [-0.39, 0.29) is 67.1 Å².